The van der Waals surface area contributed by atoms with Crippen LogP contribution in [0.2, 0.25) is 0 Å². The van der Waals surface area contributed by atoms with Crippen molar-refractivity contribution in [1.29, 1.82) is 0 Å². The Morgan fingerprint density at radius 2 is 2.04 bits per heavy atom. The number of aromatic nitrogens is 2. The molecular formula is C18H20N4OS2. The summed E-state index contributed by atoms with van der Waals surface area (Å²) < 4.78 is 8.36. The molecule has 0 radical (unpaired) electrons. The quantitative estimate of drug-likeness (QED) is 0.746. The average molecular weight is 373 g/mol. The van der Waals surface area contributed by atoms with Gasteiger partial charge < -0.3 is 5.32 Å². The maximum absolute atomic E-state index is 12.4. The fraction of sp³-hybridized carbons (Fsp3) is 0.389. The number of hydrogen-bond acceptors (Lipinski definition) is 6. The van der Waals surface area contributed by atoms with Gasteiger partial charge in [0, 0.05) is 18.7 Å². The lowest BCUT2D eigenvalue weighted by Crippen LogP contribution is -2.38. The van der Waals surface area contributed by atoms with Gasteiger partial charge in [-0.05, 0) is 72.4 Å². The van der Waals surface area contributed by atoms with Gasteiger partial charge in [0.1, 0.15) is 11.0 Å². The fourth-order valence-electron chi connectivity index (χ4n) is 3.25. The number of piperidine rings is 1. The number of fused-ring (bicyclic) bond motifs is 1. The summed E-state index contributed by atoms with van der Waals surface area (Å²) in [7, 11) is 0. The van der Waals surface area contributed by atoms with Crippen LogP contribution in [-0.2, 0) is 6.54 Å². The molecule has 1 N–H and O–H groups in total. The first kappa shape index (κ1) is 16.6. The van der Waals surface area contributed by atoms with Gasteiger partial charge in [-0.25, -0.2) is 0 Å². The Balaban J connectivity index is 1.25. The Hall–Kier alpha value is -1.83. The summed E-state index contributed by atoms with van der Waals surface area (Å²) in [6, 6.07) is 7.70. The highest BCUT2D eigenvalue weighted by molar-refractivity contribution is 7.07. The molecule has 3 heterocycles. The highest BCUT2D eigenvalue weighted by atomic mass is 32.1. The number of hydrogen-bond donors (Lipinski definition) is 1. The van der Waals surface area contributed by atoms with Gasteiger partial charge in [-0.15, -0.1) is 0 Å². The highest BCUT2D eigenvalue weighted by Gasteiger charge is 2.20. The smallest absolute Gasteiger partial charge is 0.251 e. The summed E-state index contributed by atoms with van der Waals surface area (Å²) in [5.41, 5.74) is 3.71. The largest absolute Gasteiger partial charge is 0.352 e. The average Bonchev–Trinajstić information content (AvgIpc) is 3.31. The highest BCUT2D eigenvalue weighted by Crippen LogP contribution is 2.20. The number of carbonyl (C=O) groups excluding carboxylic acids is 1. The van der Waals surface area contributed by atoms with E-state index in [0.29, 0.717) is 11.5 Å². The van der Waals surface area contributed by atoms with Crippen LogP contribution >= 0.6 is 23.1 Å². The summed E-state index contributed by atoms with van der Waals surface area (Å²) in [5, 5.41) is 7.44. The van der Waals surface area contributed by atoms with Crippen molar-refractivity contribution in [3.8, 4) is 0 Å². The Morgan fingerprint density at radius 1 is 1.20 bits per heavy atom. The molecule has 1 saturated heterocycles. The molecule has 1 amide bonds. The van der Waals surface area contributed by atoms with Crippen LogP contribution in [0.25, 0.3) is 11.0 Å². The van der Waals surface area contributed by atoms with Gasteiger partial charge in [0.05, 0.1) is 11.7 Å². The zero-order valence-corrected chi connectivity index (χ0v) is 15.5. The Kier molecular flexibility index (Phi) is 5.05. The predicted octanol–water partition coefficient (Wildman–Crippen LogP) is 3.39. The maximum atomic E-state index is 12.4. The van der Waals surface area contributed by atoms with E-state index in [1.165, 1.54) is 17.3 Å². The second-order valence-electron chi connectivity index (χ2n) is 6.53. The predicted molar refractivity (Wildman–Crippen MR) is 102 cm³/mol. The molecule has 7 heteroatoms. The summed E-state index contributed by atoms with van der Waals surface area (Å²) >= 11 is 2.93. The number of nitrogens with zero attached hydrogens (tertiary/aromatic N) is 3. The third-order valence-electron chi connectivity index (χ3n) is 4.76. The second kappa shape index (κ2) is 7.59. The normalized spacial score (nSPS) is 16.3. The number of likely N-dealkylation sites (tertiary alicyclic amines) is 1. The summed E-state index contributed by atoms with van der Waals surface area (Å²) in [6.45, 7) is 4.00. The van der Waals surface area contributed by atoms with Gasteiger partial charge in [0.25, 0.3) is 5.91 Å². The van der Waals surface area contributed by atoms with E-state index < -0.39 is 0 Å². The van der Waals surface area contributed by atoms with Gasteiger partial charge in [-0.2, -0.15) is 20.1 Å². The van der Waals surface area contributed by atoms with Crippen molar-refractivity contribution in [2.75, 3.05) is 19.6 Å². The van der Waals surface area contributed by atoms with Crippen LogP contribution in [0.4, 0.5) is 0 Å². The Bertz CT molecular complexity index is 838. The third kappa shape index (κ3) is 4.05. The van der Waals surface area contributed by atoms with Gasteiger partial charge in [-0.1, -0.05) is 0 Å². The molecular weight excluding hydrogens is 352 g/mol. The van der Waals surface area contributed by atoms with E-state index in [0.717, 1.165) is 50.1 Å². The first-order chi connectivity index (χ1) is 12.3. The van der Waals surface area contributed by atoms with Crippen molar-refractivity contribution in [3.05, 3.63) is 46.2 Å². The van der Waals surface area contributed by atoms with Crippen LogP contribution in [0, 0.1) is 5.92 Å². The molecule has 0 unspecified atom stereocenters. The fourth-order valence-corrected chi connectivity index (χ4v) is 4.43. The van der Waals surface area contributed by atoms with E-state index >= 15 is 0 Å². The van der Waals surface area contributed by atoms with Crippen LogP contribution in [-0.4, -0.2) is 39.2 Å². The minimum Gasteiger partial charge on any atom is -0.352 e. The molecule has 0 saturated carbocycles. The summed E-state index contributed by atoms with van der Waals surface area (Å²) in [4.78, 5) is 14.9. The van der Waals surface area contributed by atoms with Crippen LogP contribution in [0.1, 0.15) is 28.8 Å². The molecule has 1 aliphatic rings. The SMILES string of the molecule is O=C(NCC1CCN(Cc2ccsc2)CC1)c1ccc2nsnc2c1. The van der Waals surface area contributed by atoms with E-state index in [4.69, 9.17) is 0 Å². The number of amides is 1. The van der Waals surface area contributed by atoms with E-state index in [2.05, 4.69) is 35.8 Å². The van der Waals surface area contributed by atoms with Gasteiger partial charge in [0.2, 0.25) is 0 Å². The van der Waals surface area contributed by atoms with Crippen molar-refractivity contribution >= 4 is 40.0 Å². The lowest BCUT2D eigenvalue weighted by Gasteiger charge is -2.31. The van der Waals surface area contributed by atoms with Crippen LogP contribution in [0.3, 0.4) is 0 Å². The lowest BCUT2D eigenvalue weighted by atomic mass is 9.96. The molecule has 4 rings (SSSR count). The standard InChI is InChI=1S/C18H20N4OS2/c23-18(15-1-2-16-17(9-15)21-25-20-16)19-10-13-3-6-22(7-4-13)11-14-5-8-24-12-14/h1-2,5,8-9,12-13H,3-4,6-7,10-11H2,(H,19,23). The molecule has 1 aromatic carbocycles. The van der Waals surface area contributed by atoms with Crippen LogP contribution in [0.5, 0.6) is 0 Å². The van der Waals surface area contributed by atoms with Crippen molar-refractivity contribution in [2.45, 2.75) is 19.4 Å². The first-order valence-corrected chi connectivity index (χ1v) is 10.2. The Morgan fingerprint density at radius 3 is 2.84 bits per heavy atom. The molecule has 25 heavy (non-hydrogen) atoms. The lowest BCUT2D eigenvalue weighted by molar-refractivity contribution is 0.0935. The molecule has 0 bridgehead atoms. The van der Waals surface area contributed by atoms with Crippen molar-refractivity contribution in [3.63, 3.8) is 0 Å². The summed E-state index contributed by atoms with van der Waals surface area (Å²) in [5.74, 6) is 0.544. The molecule has 1 aliphatic heterocycles. The Labute approximate surface area is 155 Å². The number of rotatable bonds is 5. The van der Waals surface area contributed by atoms with Crippen molar-refractivity contribution < 1.29 is 4.79 Å². The van der Waals surface area contributed by atoms with Crippen molar-refractivity contribution in [1.82, 2.24) is 19.0 Å². The minimum absolute atomic E-state index is 0.0180. The molecule has 3 aromatic rings. The summed E-state index contributed by atoms with van der Waals surface area (Å²) in [6.07, 6.45) is 2.28. The number of thiophene rings is 1. The third-order valence-corrected chi connectivity index (χ3v) is 6.05. The monoisotopic (exact) mass is 372 g/mol. The zero-order valence-electron chi connectivity index (χ0n) is 13.9. The molecule has 5 nitrogen and oxygen atoms in total. The molecule has 0 aliphatic carbocycles. The number of nitrogens with one attached hydrogen (secondary N) is 1. The van der Waals surface area contributed by atoms with E-state index in [9.17, 15) is 4.79 Å². The molecule has 130 valence electrons. The molecule has 1 fully saturated rings. The number of benzene rings is 1. The molecule has 0 atom stereocenters. The maximum Gasteiger partial charge on any atom is 0.251 e. The topological polar surface area (TPSA) is 58.1 Å². The van der Waals surface area contributed by atoms with Gasteiger partial charge in [-0.3, -0.25) is 9.69 Å². The second-order valence-corrected chi connectivity index (χ2v) is 7.84. The van der Waals surface area contributed by atoms with E-state index in [1.807, 2.05) is 18.2 Å². The van der Waals surface area contributed by atoms with Gasteiger partial charge >= 0.3 is 0 Å². The van der Waals surface area contributed by atoms with E-state index in [1.54, 1.807) is 11.3 Å². The first-order valence-electron chi connectivity index (χ1n) is 8.52. The minimum atomic E-state index is -0.0180. The molecule has 0 spiro atoms. The number of carbonyl (C=O) groups is 1. The van der Waals surface area contributed by atoms with Gasteiger partial charge in [0.15, 0.2) is 0 Å². The van der Waals surface area contributed by atoms with E-state index in [-0.39, 0.29) is 5.91 Å². The zero-order chi connectivity index (χ0) is 17.1. The van der Waals surface area contributed by atoms with Crippen LogP contribution < -0.4 is 5.32 Å². The van der Waals surface area contributed by atoms with Crippen LogP contribution in [0.15, 0.2) is 35.0 Å². The molecule has 2 aromatic heterocycles. The van der Waals surface area contributed by atoms with Crippen molar-refractivity contribution in [2.24, 2.45) is 5.92 Å².